The molecule has 1 N–H and O–H groups in total. The summed E-state index contributed by atoms with van der Waals surface area (Å²) in [4.78, 5) is 38.8. The van der Waals surface area contributed by atoms with Crippen molar-refractivity contribution in [1.82, 2.24) is 4.57 Å². The number of aromatic nitrogens is 1. The van der Waals surface area contributed by atoms with Crippen molar-refractivity contribution in [3.63, 3.8) is 0 Å². The summed E-state index contributed by atoms with van der Waals surface area (Å²) in [5.41, 5.74) is 4.05. The summed E-state index contributed by atoms with van der Waals surface area (Å²) in [6.07, 6.45) is 3.04. The molecule has 0 bridgehead atoms. The number of nitrogens with zero attached hydrogens (tertiary/aromatic N) is 2. The van der Waals surface area contributed by atoms with Crippen LogP contribution in [-0.2, 0) is 20.9 Å². The first-order chi connectivity index (χ1) is 13.9. The Balaban J connectivity index is 1.97. The van der Waals surface area contributed by atoms with Gasteiger partial charge >= 0.3 is 5.97 Å². The molecular weight excluding hydrogens is 370 g/mol. The first-order valence-electron chi connectivity index (χ1n) is 9.64. The van der Waals surface area contributed by atoms with Crippen LogP contribution in [0.1, 0.15) is 41.2 Å². The Morgan fingerprint density at radius 3 is 2.59 bits per heavy atom. The molecule has 1 aromatic heterocycles. The number of carbonyl (C=O) groups is 3. The Morgan fingerprint density at radius 2 is 1.90 bits per heavy atom. The molecule has 0 saturated carbocycles. The highest BCUT2D eigenvalue weighted by atomic mass is 16.5. The monoisotopic (exact) mass is 395 g/mol. The number of para-hydroxylation sites is 2. The Kier molecular flexibility index (Phi) is 5.87. The first-order valence-corrected chi connectivity index (χ1v) is 9.64. The van der Waals surface area contributed by atoms with Crippen LogP contribution >= 0.6 is 0 Å². The molecule has 1 aliphatic heterocycles. The van der Waals surface area contributed by atoms with E-state index >= 15 is 0 Å². The SMILES string of the molecule is CCOC(=O)c1c(C=CC(=O)N2CC(=O)Nc3ccccc32)c(C)n(CC)c1C. The molecule has 0 radical (unpaired) electrons. The molecule has 2 aromatic rings. The van der Waals surface area contributed by atoms with Gasteiger partial charge in [-0.25, -0.2) is 4.79 Å². The van der Waals surface area contributed by atoms with Crippen LogP contribution in [0.5, 0.6) is 0 Å². The van der Waals surface area contributed by atoms with Gasteiger partial charge in [0.15, 0.2) is 0 Å². The van der Waals surface area contributed by atoms with E-state index in [1.165, 1.54) is 11.0 Å². The lowest BCUT2D eigenvalue weighted by atomic mass is 10.1. The summed E-state index contributed by atoms with van der Waals surface area (Å²) in [5.74, 6) is -0.986. The van der Waals surface area contributed by atoms with Crippen molar-refractivity contribution in [2.45, 2.75) is 34.2 Å². The van der Waals surface area contributed by atoms with Gasteiger partial charge in [0, 0.05) is 29.6 Å². The normalized spacial score (nSPS) is 13.4. The molecule has 1 aliphatic rings. The maximum Gasteiger partial charge on any atom is 0.340 e. The van der Waals surface area contributed by atoms with E-state index in [-0.39, 0.29) is 25.0 Å². The number of carbonyl (C=O) groups excluding carboxylic acids is 3. The van der Waals surface area contributed by atoms with Crippen LogP contribution in [-0.4, -0.2) is 35.5 Å². The lowest BCUT2D eigenvalue weighted by Crippen LogP contribution is -2.41. The summed E-state index contributed by atoms with van der Waals surface area (Å²) in [5, 5.41) is 2.76. The number of ether oxygens (including phenoxy) is 1. The molecule has 0 fully saturated rings. The van der Waals surface area contributed by atoms with Crippen molar-refractivity contribution in [2.75, 3.05) is 23.4 Å². The standard InChI is InChI=1S/C22H25N3O4/c1-5-24-14(3)16(21(15(24)4)22(28)29-6-2)11-12-20(27)25-13-19(26)23-17-9-7-8-10-18(17)25/h7-12H,5-6,13H2,1-4H3,(H,23,26). The van der Waals surface area contributed by atoms with Crippen LogP contribution in [0.15, 0.2) is 30.3 Å². The highest BCUT2D eigenvalue weighted by Crippen LogP contribution is 2.30. The average molecular weight is 395 g/mol. The zero-order chi connectivity index (χ0) is 21.1. The van der Waals surface area contributed by atoms with Gasteiger partial charge in [0.1, 0.15) is 6.54 Å². The average Bonchev–Trinajstić information content (AvgIpc) is 2.94. The van der Waals surface area contributed by atoms with Crippen molar-refractivity contribution < 1.29 is 19.1 Å². The third kappa shape index (κ3) is 3.81. The van der Waals surface area contributed by atoms with Gasteiger partial charge in [-0.05, 0) is 45.9 Å². The predicted octanol–water partition coefficient (Wildman–Crippen LogP) is 3.30. The van der Waals surface area contributed by atoms with Gasteiger partial charge in [0.25, 0.3) is 5.91 Å². The lowest BCUT2D eigenvalue weighted by Gasteiger charge is -2.28. The second kappa shape index (κ2) is 8.34. The Hall–Kier alpha value is -3.35. The van der Waals surface area contributed by atoms with E-state index < -0.39 is 5.97 Å². The highest BCUT2D eigenvalue weighted by molar-refractivity contribution is 6.14. The second-order valence-electron chi connectivity index (χ2n) is 6.75. The van der Waals surface area contributed by atoms with Gasteiger partial charge in [-0.3, -0.25) is 14.5 Å². The largest absolute Gasteiger partial charge is 0.462 e. The molecule has 29 heavy (non-hydrogen) atoms. The van der Waals surface area contributed by atoms with E-state index in [2.05, 4.69) is 5.32 Å². The maximum atomic E-state index is 12.9. The van der Waals surface area contributed by atoms with Crippen LogP contribution in [0, 0.1) is 13.8 Å². The van der Waals surface area contributed by atoms with Crippen LogP contribution in [0.25, 0.3) is 6.08 Å². The predicted molar refractivity (Wildman–Crippen MR) is 112 cm³/mol. The molecular formula is C22H25N3O4. The number of anilines is 2. The molecule has 0 spiro atoms. The summed E-state index contributed by atoms with van der Waals surface area (Å²) >= 11 is 0. The number of fused-ring (bicyclic) bond motifs is 1. The molecule has 3 rings (SSSR count). The number of nitrogens with one attached hydrogen (secondary N) is 1. The number of rotatable bonds is 5. The summed E-state index contributed by atoms with van der Waals surface area (Å²) in [6, 6.07) is 7.15. The van der Waals surface area contributed by atoms with E-state index in [9.17, 15) is 14.4 Å². The van der Waals surface area contributed by atoms with E-state index in [0.717, 1.165) is 11.4 Å². The third-order valence-electron chi connectivity index (χ3n) is 5.06. The topological polar surface area (TPSA) is 80.6 Å². The van der Waals surface area contributed by atoms with Crippen LogP contribution < -0.4 is 10.2 Å². The molecule has 0 unspecified atom stereocenters. The van der Waals surface area contributed by atoms with Crippen molar-refractivity contribution >= 4 is 35.2 Å². The minimum absolute atomic E-state index is 0.0566. The van der Waals surface area contributed by atoms with Gasteiger partial charge in [-0.2, -0.15) is 0 Å². The van der Waals surface area contributed by atoms with Crippen molar-refractivity contribution in [2.24, 2.45) is 0 Å². The number of hydrogen-bond acceptors (Lipinski definition) is 4. The van der Waals surface area contributed by atoms with Gasteiger partial charge in [0.05, 0.1) is 23.5 Å². The summed E-state index contributed by atoms with van der Waals surface area (Å²) in [7, 11) is 0. The van der Waals surface area contributed by atoms with E-state index in [1.54, 1.807) is 31.2 Å². The van der Waals surface area contributed by atoms with Crippen LogP contribution in [0.2, 0.25) is 0 Å². The first kappa shape index (κ1) is 20.4. The van der Waals surface area contributed by atoms with E-state index in [1.807, 2.05) is 31.4 Å². The number of amides is 2. The fourth-order valence-corrected chi connectivity index (χ4v) is 3.72. The fourth-order valence-electron chi connectivity index (χ4n) is 3.72. The van der Waals surface area contributed by atoms with Crippen molar-refractivity contribution in [3.8, 4) is 0 Å². The Labute approximate surface area is 169 Å². The summed E-state index contributed by atoms with van der Waals surface area (Å²) < 4.78 is 7.23. The number of esters is 1. The molecule has 0 atom stereocenters. The fraction of sp³-hybridized carbons (Fsp3) is 0.318. The Morgan fingerprint density at radius 1 is 1.17 bits per heavy atom. The van der Waals surface area contributed by atoms with Gasteiger partial charge in [-0.1, -0.05) is 12.1 Å². The van der Waals surface area contributed by atoms with Crippen LogP contribution in [0.3, 0.4) is 0 Å². The minimum atomic E-state index is -0.407. The molecule has 1 aromatic carbocycles. The van der Waals surface area contributed by atoms with Crippen molar-refractivity contribution in [1.29, 1.82) is 0 Å². The molecule has 7 nitrogen and oxygen atoms in total. The van der Waals surface area contributed by atoms with Crippen molar-refractivity contribution in [3.05, 3.63) is 52.9 Å². The van der Waals surface area contributed by atoms with Gasteiger partial charge < -0.3 is 14.6 Å². The minimum Gasteiger partial charge on any atom is -0.462 e. The highest BCUT2D eigenvalue weighted by Gasteiger charge is 2.26. The number of benzene rings is 1. The molecule has 2 amide bonds. The van der Waals surface area contributed by atoms with Crippen LogP contribution in [0.4, 0.5) is 11.4 Å². The lowest BCUT2D eigenvalue weighted by molar-refractivity contribution is -0.119. The Bertz CT molecular complexity index is 1000. The third-order valence-corrected chi connectivity index (χ3v) is 5.06. The van der Waals surface area contributed by atoms with Gasteiger partial charge in [0.2, 0.25) is 5.91 Å². The maximum absolute atomic E-state index is 12.9. The smallest absolute Gasteiger partial charge is 0.340 e. The quantitative estimate of drug-likeness (QED) is 0.622. The number of hydrogen-bond donors (Lipinski definition) is 1. The van der Waals surface area contributed by atoms with Gasteiger partial charge in [-0.15, -0.1) is 0 Å². The molecule has 7 heteroatoms. The molecule has 0 aliphatic carbocycles. The zero-order valence-corrected chi connectivity index (χ0v) is 17.1. The molecule has 0 saturated heterocycles. The van der Waals surface area contributed by atoms with E-state index in [4.69, 9.17) is 4.74 Å². The van der Waals surface area contributed by atoms with E-state index in [0.29, 0.717) is 29.0 Å². The summed E-state index contributed by atoms with van der Waals surface area (Å²) in [6.45, 7) is 8.45. The zero-order valence-electron chi connectivity index (χ0n) is 17.1. The molecule has 152 valence electrons. The second-order valence-corrected chi connectivity index (χ2v) is 6.75. The molecule has 2 heterocycles.